The Labute approximate surface area is 154 Å². The summed E-state index contributed by atoms with van der Waals surface area (Å²) in [5.41, 5.74) is 0.779. The van der Waals surface area contributed by atoms with Crippen LogP contribution in [0.3, 0.4) is 0 Å². The van der Waals surface area contributed by atoms with Gasteiger partial charge in [0.15, 0.2) is 5.82 Å². The first-order chi connectivity index (χ1) is 12.3. The van der Waals surface area contributed by atoms with E-state index in [2.05, 4.69) is 15.5 Å². The molecule has 9 heteroatoms. The topological polar surface area (TPSA) is 54.2 Å². The number of alkyl halides is 3. The summed E-state index contributed by atoms with van der Waals surface area (Å²) in [6.07, 6.45) is -2.83. The Kier molecular flexibility index (Phi) is 5.84. The van der Waals surface area contributed by atoms with E-state index >= 15 is 0 Å². The predicted molar refractivity (Wildman–Crippen MR) is 91.8 cm³/mol. The fourth-order valence-electron chi connectivity index (χ4n) is 3.06. The van der Waals surface area contributed by atoms with Gasteiger partial charge in [0.05, 0.1) is 12.6 Å². The van der Waals surface area contributed by atoms with Crippen LogP contribution in [0.4, 0.5) is 13.2 Å². The molecule has 26 heavy (non-hydrogen) atoms. The van der Waals surface area contributed by atoms with Crippen molar-refractivity contribution in [1.82, 2.24) is 20.4 Å². The summed E-state index contributed by atoms with van der Waals surface area (Å²) in [5.74, 6) is 0.929. The molecule has 0 amide bonds. The van der Waals surface area contributed by atoms with Gasteiger partial charge in [0.25, 0.3) is 5.89 Å². The zero-order valence-electron chi connectivity index (χ0n) is 14.3. The molecule has 142 valence electrons. The van der Waals surface area contributed by atoms with Crippen LogP contribution in [0.2, 0.25) is 5.02 Å². The van der Waals surface area contributed by atoms with Gasteiger partial charge >= 0.3 is 6.18 Å². The molecule has 0 aliphatic carbocycles. The van der Waals surface area contributed by atoms with Gasteiger partial charge in [-0.2, -0.15) is 18.2 Å². The minimum Gasteiger partial charge on any atom is -0.334 e. The van der Waals surface area contributed by atoms with E-state index in [0.717, 1.165) is 5.56 Å². The summed E-state index contributed by atoms with van der Waals surface area (Å²) in [6, 6.07) is 7.07. The molecule has 0 radical (unpaired) electrons. The van der Waals surface area contributed by atoms with Crippen LogP contribution in [-0.2, 0) is 0 Å². The van der Waals surface area contributed by atoms with Gasteiger partial charge in [0.2, 0.25) is 0 Å². The molecule has 1 aliphatic heterocycles. The monoisotopic (exact) mass is 388 g/mol. The Morgan fingerprint density at radius 2 is 1.92 bits per heavy atom. The van der Waals surface area contributed by atoms with Crippen molar-refractivity contribution in [2.24, 2.45) is 0 Å². The van der Waals surface area contributed by atoms with Gasteiger partial charge in [-0.3, -0.25) is 4.90 Å². The molecular formula is C17H20ClF3N4O. The normalized spacial score (nSPS) is 18.2. The summed E-state index contributed by atoms with van der Waals surface area (Å²) < 4.78 is 42.6. The molecule has 0 bridgehead atoms. The van der Waals surface area contributed by atoms with Gasteiger partial charge < -0.3 is 9.84 Å². The first kappa shape index (κ1) is 19.1. The van der Waals surface area contributed by atoms with Crippen LogP contribution in [0, 0.1) is 0 Å². The maximum atomic E-state index is 12.4. The lowest BCUT2D eigenvalue weighted by atomic mass is 10.0. The zero-order chi connectivity index (χ0) is 18.7. The molecule has 1 aromatic heterocycles. The molecule has 0 spiro atoms. The van der Waals surface area contributed by atoms with Crippen molar-refractivity contribution in [2.75, 3.05) is 19.6 Å². The highest BCUT2D eigenvalue weighted by Gasteiger charge is 2.32. The first-order valence-electron chi connectivity index (χ1n) is 8.45. The minimum absolute atomic E-state index is 0.131. The van der Waals surface area contributed by atoms with E-state index in [1.807, 2.05) is 6.92 Å². The fourth-order valence-corrected chi connectivity index (χ4v) is 3.19. The molecule has 3 rings (SSSR count). The molecule has 1 aliphatic rings. The van der Waals surface area contributed by atoms with Gasteiger partial charge in [-0.05, 0) is 57.1 Å². The number of aromatic nitrogens is 2. The molecule has 1 aromatic carbocycles. The maximum Gasteiger partial charge on any atom is 0.401 e. The Morgan fingerprint density at radius 1 is 1.27 bits per heavy atom. The SMILES string of the molecule is CC(NC1CCN(CC(F)(F)F)CC1)c1noc(-c2ccc(Cl)cc2)n1. The Balaban J connectivity index is 1.53. The second-order valence-electron chi connectivity index (χ2n) is 6.52. The van der Waals surface area contributed by atoms with Gasteiger partial charge in [-0.1, -0.05) is 16.8 Å². The van der Waals surface area contributed by atoms with E-state index in [9.17, 15) is 13.2 Å². The molecule has 2 aromatic rings. The van der Waals surface area contributed by atoms with Crippen LogP contribution < -0.4 is 5.32 Å². The van der Waals surface area contributed by atoms with E-state index in [1.54, 1.807) is 24.3 Å². The molecule has 5 nitrogen and oxygen atoms in total. The third-order valence-corrected chi connectivity index (χ3v) is 4.65. The largest absolute Gasteiger partial charge is 0.401 e. The third kappa shape index (κ3) is 5.18. The number of piperidine rings is 1. The van der Waals surface area contributed by atoms with Crippen molar-refractivity contribution >= 4 is 11.6 Å². The molecule has 1 N–H and O–H groups in total. The number of hydrogen-bond donors (Lipinski definition) is 1. The number of nitrogens with one attached hydrogen (secondary N) is 1. The molecule has 2 heterocycles. The second kappa shape index (κ2) is 7.94. The van der Waals surface area contributed by atoms with E-state index in [0.29, 0.717) is 42.7 Å². The number of benzene rings is 1. The molecule has 1 unspecified atom stereocenters. The number of rotatable bonds is 5. The second-order valence-corrected chi connectivity index (χ2v) is 6.96. The van der Waals surface area contributed by atoms with Crippen molar-refractivity contribution in [1.29, 1.82) is 0 Å². The van der Waals surface area contributed by atoms with E-state index in [1.165, 1.54) is 4.90 Å². The fraction of sp³-hybridized carbons (Fsp3) is 0.529. The summed E-state index contributed by atoms with van der Waals surface area (Å²) in [4.78, 5) is 5.84. The van der Waals surface area contributed by atoms with Gasteiger partial charge in [0, 0.05) is 16.6 Å². The van der Waals surface area contributed by atoms with E-state index in [4.69, 9.17) is 16.1 Å². The highest BCUT2D eigenvalue weighted by Crippen LogP contribution is 2.23. The summed E-state index contributed by atoms with van der Waals surface area (Å²) in [7, 11) is 0. The molecular weight excluding hydrogens is 369 g/mol. The molecule has 1 atom stereocenters. The number of halogens is 4. The van der Waals surface area contributed by atoms with Crippen LogP contribution >= 0.6 is 11.6 Å². The van der Waals surface area contributed by atoms with Crippen LogP contribution in [0.1, 0.15) is 31.6 Å². The average molecular weight is 389 g/mol. The van der Waals surface area contributed by atoms with Crippen molar-refractivity contribution in [3.05, 3.63) is 35.1 Å². The van der Waals surface area contributed by atoms with Crippen LogP contribution in [0.25, 0.3) is 11.5 Å². The van der Waals surface area contributed by atoms with Crippen LogP contribution in [0.5, 0.6) is 0 Å². The average Bonchev–Trinajstić information content (AvgIpc) is 3.06. The lowest BCUT2D eigenvalue weighted by Gasteiger charge is -2.33. The smallest absolute Gasteiger partial charge is 0.334 e. The van der Waals surface area contributed by atoms with E-state index < -0.39 is 12.7 Å². The van der Waals surface area contributed by atoms with Crippen molar-refractivity contribution in [2.45, 2.75) is 38.0 Å². The van der Waals surface area contributed by atoms with Crippen LogP contribution in [0.15, 0.2) is 28.8 Å². The number of likely N-dealkylation sites (tertiary alicyclic amines) is 1. The minimum atomic E-state index is -4.14. The molecule has 1 saturated heterocycles. The predicted octanol–water partition coefficient (Wildman–Crippen LogP) is 4.07. The highest BCUT2D eigenvalue weighted by atomic mass is 35.5. The number of hydrogen-bond acceptors (Lipinski definition) is 5. The Bertz CT molecular complexity index is 712. The standard InChI is InChI=1S/C17H20ClF3N4O/c1-11(22-14-6-8-25(9-7-14)10-17(19,20)21)15-23-16(26-24-15)12-2-4-13(18)5-3-12/h2-5,11,14,22H,6-10H2,1H3. The van der Waals surface area contributed by atoms with Gasteiger partial charge in [-0.25, -0.2) is 0 Å². The van der Waals surface area contributed by atoms with Crippen molar-refractivity contribution in [3.8, 4) is 11.5 Å². The summed E-state index contributed by atoms with van der Waals surface area (Å²) >= 11 is 5.87. The van der Waals surface area contributed by atoms with Crippen LogP contribution in [-0.4, -0.2) is 46.9 Å². The summed E-state index contributed by atoms with van der Waals surface area (Å²) in [6.45, 7) is 1.92. The maximum absolute atomic E-state index is 12.4. The van der Waals surface area contributed by atoms with Gasteiger partial charge in [0.1, 0.15) is 0 Å². The van der Waals surface area contributed by atoms with Gasteiger partial charge in [-0.15, -0.1) is 0 Å². The highest BCUT2D eigenvalue weighted by molar-refractivity contribution is 6.30. The quantitative estimate of drug-likeness (QED) is 0.836. The summed E-state index contributed by atoms with van der Waals surface area (Å²) in [5, 5.41) is 8.01. The molecule has 0 saturated carbocycles. The third-order valence-electron chi connectivity index (χ3n) is 4.40. The van der Waals surface area contributed by atoms with E-state index in [-0.39, 0.29) is 12.1 Å². The Morgan fingerprint density at radius 3 is 2.54 bits per heavy atom. The lowest BCUT2D eigenvalue weighted by molar-refractivity contribution is -0.148. The lowest BCUT2D eigenvalue weighted by Crippen LogP contribution is -2.46. The zero-order valence-corrected chi connectivity index (χ0v) is 15.0. The number of nitrogens with zero attached hydrogens (tertiary/aromatic N) is 3. The van der Waals surface area contributed by atoms with Crippen molar-refractivity contribution in [3.63, 3.8) is 0 Å². The van der Waals surface area contributed by atoms with Crippen molar-refractivity contribution < 1.29 is 17.7 Å². The molecule has 1 fully saturated rings. The first-order valence-corrected chi connectivity index (χ1v) is 8.82. The Hall–Kier alpha value is -1.64.